The molecule has 0 aliphatic rings. The fourth-order valence-corrected chi connectivity index (χ4v) is 3.51. The molecule has 0 N–H and O–H groups in total. The van der Waals surface area contributed by atoms with Crippen LogP contribution < -0.4 is 0 Å². The van der Waals surface area contributed by atoms with Crippen molar-refractivity contribution >= 4 is 52.8 Å². The molecule has 0 saturated heterocycles. The molecular weight excluding hydrogens is 411 g/mol. The molecule has 3 rings (SSSR count). The summed E-state index contributed by atoms with van der Waals surface area (Å²) in [6, 6.07) is 16.7. The predicted molar refractivity (Wildman–Crippen MR) is 109 cm³/mol. The number of hydrogen-bond donors (Lipinski definition) is 0. The van der Waals surface area contributed by atoms with Crippen molar-refractivity contribution in [3.8, 4) is 0 Å². The number of rotatable bonds is 6. The molecule has 0 aliphatic carbocycles. The summed E-state index contributed by atoms with van der Waals surface area (Å²) in [5, 5.41) is 6.64. The van der Waals surface area contributed by atoms with E-state index in [1.54, 1.807) is 24.5 Å². The lowest BCUT2D eigenvalue weighted by Gasteiger charge is -2.04. The van der Waals surface area contributed by atoms with Gasteiger partial charge in [0.1, 0.15) is 11.6 Å². The number of pyridine rings is 1. The van der Waals surface area contributed by atoms with E-state index in [0.29, 0.717) is 15.1 Å². The summed E-state index contributed by atoms with van der Waals surface area (Å²) >= 11 is 19.6. The van der Waals surface area contributed by atoms with E-state index in [1.807, 2.05) is 42.5 Å². The van der Waals surface area contributed by atoms with Gasteiger partial charge in [0.15, 0.2) is 0 Å². The number of halogens is 3. The van der Waals surface area contributed by atoms with Crippen LogP contribution in [0.3, 0.4) is 0 Å². The minimum Gasteiger partial charge on any atom is -0.391 e. The zero-order valence-corrected chi connectivity index (χ0v) is 16.5. The van der Waals surface area contributed by atoms with E-state index >= 15 is 0 Å². The number of oxime groups is 1. The van der Waals surface area contributed by atoms with Crippen molar-refractivity contribution < 1.29 is 4.84 Å². The van der Waals surface area contributed by atoms with E-state index in [4.69, 9.17) is 39.6 Å². The Morgan fingerprint density at radius 1 is 1.00 bits per heavy atom. The highest BCUT2D eigenvalue weighted by atomic mass is 35.5. The quantitative estimate of drug-likeness (QED) is 0.325. The van der Waals surface area contributed by atoms with Gasteiger partial charge in [0.25, 0.3) is 0 Å². The predicted octanol–water partition coefficient (Wildman–Crippen LogP) is 6.74. The maximum atomic E-state index is 6.16. The molecule has 1 aromatic heterocycles. The molecule has 132 valence electrons. The first-order valence-electron chi connectivity index (χ1n) is 7.59. The van der Waals surface area contributed by atoms with E-state index < -0.39 is 0 Å². The first-order chi connectivity index (χ1) is 12.6. The Morgan fingerprint density at radius 3 is 2.58 bits per heavy atom. The standard InChI is InChI=1S/C19H13Cl3N2OS/c20-15-7-6-14(17(22)9-15)12-25-24-11-13-5-8-19(23-10-13)26-18-4-2-1-3-16(18)21/h1-11H,12H2/b24-11-. The summed E-state index contributed by atoms with van der Waals surface area (Å²) in [6.07, 6.45) is 3.32. The van der Waals surface area contributed by atoms with E-state index in [0.717, 1.165) is 21.0 Å². The third-order valence-electron chi connectivity index (χ3n) is 3.32. The Kier molecular flexibility index (Phi) is 6.80. The van der Waals surface area contributed by atoms with Crippen molar-refractivity contribution in [2.75, 3.05) is 0 Å². The van der Waals surface area contributed by atoms with E-state index in [-0.39, 0.29) is 6.61 Å². The fourth-order valence-electron chi connectivity index (χ4n) is 2.01. The second kappa shape index (κ2) is 9.28. The van der Waals surface area contributed by atoms with Crippen LogP contribution in [0.2, 0.25) is 15.1 Å². The summed E-state index contributed by atoms with van der Waals surface area (Å²) < 4.78 is 0. The number of benzene rings is 2. The van der Waals surface area contributed by atoms with Gasteiger partial charge in [0, 0.05) is 32.3 Å². The molecule has 7 heteroatoms. The summed E-state index contributed by atoms with van der Waals surface area (Å²) in [7, 11) is 0. The Hall–Kier alpha value is -1.72. The highest BCUT2D eigenvalue weighted by molar-refractivity contribution is 7.99. The van der Waals surface area contributed by atoms with Crippen LogP contribution in [0, 0.1) is 0 Å². The van der Waals surface area contributed by atoms with Crippen LogP contribution in [0.15, 0.2) is 75.9 Å². The van der Waals surface area contributed by atoms with Crippen LogP contribution in [0.5, 0.6) is 0 Å². The lowest BCUT2D eigenvalue weighted by Crippen LogP contribution is -1.90. The van der Waals surface area contributed by atoms with Gasteiger partial charge in [0.2, 0.25) is 0 Å². The molecule has 0 bridgehead atoms. The maximum Gasteiger partial charge on any atom is 0.143 e. The lowest BCUT2D eigenvalue weighted by atomic mass is 10.2. The van der Waals surface area contributed by atoms with Gasteiger partial charge in [-0.2, -0.15) is 0 Å². The summed E-state index contributed by atoms with van der Waals surface area (Å²) in [5.74, 6) is 0. The zero-order valence-electron chi connectivity index (χ0n) is 13.4. The highest BCUT2D eigenvalue weighted by Gasteiger charge is 2.03. The van der Waals surface area contributed by atoms with Crippen molar-refractivity contribution in [3.05, 3.63) is 87.0 Å². The van der Waals surface area contributed by atoms with Crippen LogP contribution in [-0.2, 0) is 11.4 Å². The van der Waals surface area contributed by atoms with Crippen molar-refractivity contribution in [1.82, 2.24) is 4.98 Å². The lowest BCUT2D eigenvalue weighted by molar-refractivity contribution is 0.132. The summed E-state index contributed by atoms with van der Waals surface area (Å²) in [5.41, 5.74) is 1.65. The van der Waals surface area contributed by atoms with Crippen LogP contribution in [0.4, 0.5) is 0 Å². The summed E-state index contributed by atoms with van der Waals surface area (Å²) in [4.78, 5) is 10.6. The van der Waals surface area contributed by atoms with Gasteiger partial charge in [-0.3, -0.25) is 0 Å². The van der Waals surface area contributed by atoms with Gasteiger partial charge in [-0.1, -0.05) is 69.9 Å². The van der Waals surface area contributed by atoms with Crippen molar-refractivity contribution in [2.45, 2.75) is 16.5 Å². The largest absolute Gasteiger partial charge is 0.391 e. The average molecular weight is 424 g/mol. The monoisotopic (exact) mass is 422 g/mol. The Labute approximate surface area is 170 Å². The van der Waals surface area contributed by atoms with Crippen LogP contribution in [-0.4, -0.2) is 11.2 Å². The molecule has 0 radical (unpaired) electrons. The second-order valence-electron chi connectivity index (χ2n) is 5.21. The molecule has 0 atom stereocenters. The Morgan fingerprint density at radius 2 is 1.85 bits per heavy atom. The Bertz CT molecular complexity index is 917. The molecule has 0 spiro atoms. The van der Waals surface area contributed by atoms with Gasteiger partial charge in [-0.15, -0.1) is 0 Å². The molecule has 26 heavy (non-hydrogen) atoms. The Balaban J connectivity index is 1.55. The topological polar surface area (TPSA) is 34.5 Å². The fraction of sp³-hybridized carbons (Fsp3) is 0.0526. The molecule has 0 fully saturated rings. The smallest absolute Gasteiger partial charge is 0.143 e. The number of hydrogen-bond acceptors (Lipinski definition) is 4. The third-order valence-corrected chi connectivity index (χ3v) is 5.38. The van der Waals surface area contributed by atoms with Gasteiger partial charge >= 0.3 is 0 Å². The van der Waals surface area contributed by atoms with Crippen molar-refractivity contribution in [1.29, 1.82) is 0 Å². The first-order valence-corrected chi connectivity index (χ1v) is 9.54. The van der Waals surface area contributed by atoms with Gasteiger partial charge in [-0.25, -0.2) is 4.98 Å². The van der Waals surface area contributed by atoms with Crippen LogP contribution in [0.1, 0.15) is 11.1 Å². The zero-order chi connectivity index (χ0) is 18.4. The van der Waals surface area contributed by atoms with Crippen molar-refractivity contribution in [3.63, 3.8) is 0 Å². The summed E-state index contributed by atoms with van der Waals surface area (Å²) in [6.45, 7) is 0.264. The maximum absolute atomic E-state index is 6.16. The molecule has 3 aromatic rings. The molecule has 3 nitrogen and oxygen atoms in total. The second-order valence-corrected chi connectivity index (χ2v) is 7.52. The molecule has 0 unspecified atom stereocenters. The van der Waals surface area contributed by atoms with Crippen molar-refractivity contribution in [2.24, 2.45) is 5.16 Å². The van der Waals surface area contributed by atoms with E-state index in [1.165, 1.54) is 11.8 Å². The molecule has 1 heterocycles. The minimum atomic E-state index is 0.264. The van der Waals surface area contributed by atoms with E-state index in [9.17, 15) is 0 Å². The van der Waals surface area contributed by atoms with Crippen LogP contribution >= 0.6 is 46.6 Å². The SMILES string of the molecule is Clc1ccc(CO/N=C\c2ccc(Sc3ccccc3Cl)nc2)c(Cl)c1. The third kappa shape index (κ3) is 5.39. The minimum absolute atomic E-state index is 0.264. The van der Waals surface area contributed by atoms with Gasteiger partial charge < -0.3 is 4.84 Å². The number of nitrogens with zero attached hydrogens (tertiary/aromatic N) is 2. The van der Waals surface area contributed by atoms with Gasteiger partial charge in [-0.05, 0) is 36.4 Å². The molecule has 0 saturated carbocycles. The molecule has 2 aromatic carbocycles. The van der Waals surface area contributed by atoms with Crippen LogP contribution in [0.25, 0.3) is 0 Å². The van der Waals surface area contributed by atoms with Gasteiger partial charge in [0.05, 0.1) is 11.2 Å². The molecule has 0 aliphatic heterocycles. The van der Waals surface area contributed by atoms with E-state index in [2.05, 4.69) is 10.1 Å². The first kappa shape index (κ1) is 19.1. The number of aromatic nitrogens is 1. The molecule has 0 amide bonds. The normalized spacial score (nSPS) is 11.0. The highest BCUT2D eigenvalue weighted by Crippen LogP contribution is 2.31. The average Bonchev–Trinajstić information content (AvgIpc) is 2.63. The molecular formula is C19H13Cl3N2OS.